The van der Waals surface area contributed by atoms with Gasteiger partial charge in [-0.05, 0) is 12.1 Å². The lowest BCUT2D eigenvalue weighted by Crippen LogP contribution is -1.98. The van der Waals surface area contributed by atoms with Crippen molar-refractivity contribution >= 4 is 11.5 Å². The fourth-order valence-corrected chi connectivity index (χ4v) is 1.61. The Labute approximate surface area is 90.4 Å². The number of carboxylic acid groups (broad SMARTS) is 1. The van der Waals surface area contributed by atoms with Gasteiger partial charge >= 0.3 is 5.97 Å². The summed E-state index contributed by atoms with van der Waals surface area (Å²) in [4.78, 5) is 14.8. The molecule has 3 N–H and O–H groups in total. The van der Waals surface area contributed by atoms with E-state index in [1.807, 2.05) is 0 Å². The van der Waals surface area contributed by atoms with Crippen LogP contribution in [0, 0.1) is 0 Å². The average molecular weight is 222 g/mol. The van der Waals surface area contributed by atoms with Crippen LogP contribution in [0.2, 0.25) is 0 Å². The number of aromatic hydroxyl groups is 1. The number of imidazole rings is 1. The number of hydrogen-bond donors (Lipinski definition) is 3. The first-order valence-electron chi connectivity index (χ1n) is 4.68. The van der Waals surface area contributed by atoms with E-state index in [0.717, 1.165) is 0 Å². The van der Waals surface area contributed by atoms with Crippen molar-refractivity contribution in [2.24, 2.45) is 0 Å². The number of aromatic nitrogens is 2. The van der Waals surface area contributed by atoms with Crippen LogP contribution >= 0.6 is 0 Å². The Balaban J connectivity index is 2.76. The van der Waals surface area contributed by atoms with E-state index < -0.39 is 5.97 Å². The highest BCUT2D eigenvalue weighted by atomic mass is 16.4. The first-order chi connectivity index (χ1) is 7.65. The van der Waals surface area contributed by atoms with E-state index in [9.17, 15) is 9.90 Å². The second-order valence-corrected chi connectivity index (χ2v) is 3.27. The molecule has 0 saturated heterocycles. The molecule has 0 amide bonds. The van der Waals surface area contributed by atoms with Gasteiger partial charge in [0.1, 0.15) is 17.1 Å². The molecule has 2 heterocycles. The second-order valence-electron chi connectivity index (χ2n) is 3.27. The molecule has 0 unspecified atom stereocenters. The van der Waals surface area contributed by atoms with Gasteiger partial charge in [-0.2, -0.15) is 0 Å². The van der Waals surface area contributed by atoms with Crippen molar-refractivity contribution in [2.75, 3.05) is 6.61 Å². The van der Waals surface area contributed by atoms with Crippen LogP contribution < -0.4 is 0 Å². The molecule has 0 spiro atoms. The molecule has 6 nitrogen and oxygen atoms in total. The number of rotatable bonds is 3. The van der Waals surface area contributed by atoms with Crippen molar-refractivity contribution in [2.45, 2.75) is 6.42 Å². The van der Waals surface area contributed by atoms with Gasteiger partial charge in [0, 0.05) is 12.6 Å². The Kier molecular flexibility index (Phi) is 2.49. The lowest BCUT2D eigenvalue weighted by Gasteiger charge is -2.00. The van der Waals surface area contributed by atoms with Crippen LogP contribution in [-0.4, -0.2) is 37.3 Å². The number of carbonyl (C=O) groups is 1. The van der Waals surface area contributed by atoms with Crippen LogP contribution in [0.5, 0.6) is 5.75 Å². The zero-order chi connectivity index (χ0) is 11.7. The van der Waals surface area contributed by atoms with E-state index in [0.29, 0.717) is 5.82 Å². The van der Waals surface area contributed by atoms with E-state index in [1.165, 1.54) is 10.5 Å². The third-order valence-corrected chi connectivity index (χ3v) is 2.25. The first-order valence-corrected chi connectivity index (χ1v) is 4.68. The molecule has 2 rings (SSSR count). The van der Waals surface area contributed by atoms with E-state index in [2.05, 4.69) is 4.98 Å². The van der Waals surface area contributed by atoms with Crippen molar-refractivity contribution in [3.8, 4) is 5.75 Å². The van der Waals surface area contributed by atoms with Crippen molar-refractivity contribution < 1.29 is 20.1 Å². The van der Waals surface area contributed by atoms with Gasteiger partial charge in [0.25, 0.3) is 0 Å². The minimum Gasteiger partial charge on any atom is -0.506 e. The predicted octanol–water partition coefficient (Wildman–Crippen LogP) is 0.273. The van der Waals surface area contributed by atoms with E-state index >= 15 is 0 Å². The minimum atomic E-state index is -1.21. The summed E-state index contributed by atoms with van der Waals surface area (Å²) in [6.07, 6.45) is 1.83. The summed E-state index contributed by atoms with van der Waals surface area (Å²) in [6, 6.07) is 2.97. The van der Waals surface area contributed by atoms with Crippen LogP contribution in [0.4, 0.5) is 0 Å². The van der Waals surface area contributed by atoms with Crippen molar-refractivity contribution in [3.05, 3.63) is 29.8 Å². The van der Waals surface area contributed by atoms with Gasteiger partial charge in [0.2, 0.25) is 0 Å². The zero-order valence-electron chi connectivity index (χ0n) is 8.29. The average Bonchev–Trinajstić information content (AvgIpc) is 2.60. The summed E-state index contributed by atoms with van der Waals surface area (Å²) in [5.74, 6) is -0.939. The van der Waals surface area contributed by atoms with E-state index in [4.69, 9.17) is 10.2 Å². The lowest BCUT2D eigenvalue weighted by molar-refractivity contribution is 0.0692. The molecule has 0 aliphatic heterocycles. The van der Waals surface area contributed by atoms with Crippen molar-refractivity contribution in [1.82, 2.24) is 9.38 Å². The van der Waals surface area contributed by atoms with Crippen LogP contribution in [0.1, 0.15) is 16.3 Å². The molecule has 0 aromatic carbocycles. The molecular formula is C10H10N2O4. The van der Waals surface area contributed by atoms with Crippen LogP contribution in [0.15, 0.2) is 18.3 Å². The number of aromatic carboxylic acids is 1. The molecule has 2 aromatic heterocycles. The van der Waals surface area contributed by atoms with Gasteiger partial charge < -0.3 is 15.3 Å². The number of aliphatic hydroxyl groups excluding tert-OH is 1. The monoisotopic (exact) mass is 222 g/mol. The van der Waals surface area contributed by atoms with Crippen LogP contribution in [0.3, 0.4) is 0 Å². The molecule has 16 heavy (non-hydrogen) atoms. The third kappa shape index (κ3) is 1.49. The lowest BCUT2D eigenvalue weighted by atomic mass is 10.3. The molecule has 84 valence electrons. The molecule has 0 bridgehead atoms. The highest BCUT2D eigenvalue weighted by Crippen LogP contribution is 2.23. The Morgan fingerprint density at radius 2 is 2.25 bits per heavy atom. The van der Waals surface area contributed by atoms with Crippen LogP contribution in [0.25, 0.3) is 5.52 Å². The summed E-state index contributed by atoms with van der Waals surface area (Å²) < 4.78 is 1.47. The molecule has 6 heteroatoms. The molecule has 0 fully saturated rings. The fraction of sp³-hybridized carbons (Fsp3) is 0.200. The van der Waals surface area contributed by atoms with Gasteiger partial charge in [-0.15, -0.1) is 0 Å². The molecule has 0 aliphatic rings. The number of pyridine rings is 1. The standard InChI is InChI=1S/C10H10N2O4/c13-5-3-7-11-8(10(15)16)9-6(14)2-1-4-12(7)9/h1-2,4,13-14H,3,5H2,(H,15,16). The third-order valence-electron chi connectivity index (χ3n) is 2.25. The van der Waals surface area contributed by atoms with Crippen molar-refractivity contribution in [1.29, 1.82) is 0 Å². The summed E-state index contributed by atoms with van der Waals surface area (Å²) >= 11 is 0. The maximum Gasteiger partial charge on any atom is 0.356 e. The maximum absolute atomic E-state index is 10.9. The van der Waals surface area contributed by atoms with Gasteiger partial charge in [-0.25, -0.2) is 9.78 Å². The number of fused-ring (bicyclic) bond motifs is 1. The van der Waals surface area contributed by atoms with Gasteiger partial charge in [0.05, 0.1) is 6.61 Å². The van der Waals surface area contributed by atoms with Crippen molar-refractivity contribution in [3.63, 3.8) is 0 Å². The second kappa shape index (κ2) is 3.82. The van der Waals surface area contributed by atoms with Gasteiger partial charge in [-0.1, -0.05) is 0 Å². The van der Waals surface area contributed by atoms with E-state index in [1.54, 1.807) is 12.3 Å². The molecule has 0 aliphatic carbocycles. The molecule has 0 saturated carbocycles. The number of aliphatic hydroxyl groups is 1. The van der Waals surface area contributed by atoms with Gasteiger partial charge in [0.15, 0.2) is 5.69 Å². The Hall–Kier alpha value is -2.08. The molecular weight excluding hydrogens is 212 g/mol. The smallest absolute Gasteiger partial charge is 0.356 e. The largest absolute Gasteiger partial charge is 0.506 e. The SMILES string of the molecule is O=C(O)c1nc(CCO)n2cccc(O)c12. The highest BCUT2D eigenvalue weighted by Gasteiger charge is 2.18. The fourth-order valence-electron chi connectivity index (χ4n) is 1.61. The summed E-state index contributed by atoms with van der Waals surface area (Å²) in [5, 5.41) is 27.4. The molecule has 0 radical (unpaired) electrons. The Morgan fingerprint density at radius 1 is 1.50 bits per heavy atom. The normalized spacial score (nSPS) is 10.8. The topological polar surface area (TPSA) is 95.1 Å². The predicted molar refractivity (Wildman–Crippen MR) is 54.6 cm³/mol. The number of hydrogen-bond acceptors (Lipinski definition) is 4. The Morgan fingerprint density at radius 3 is 2.88 bits per heavy atom. The summed E-state index contributed by atoms with van der Waals surface area (Å²) in [7, 11) is 0. The first kappa shape index (κ1) is 10.4. The molecule has 2 aromatic rings. The van der Waals surface area contributed by atoms with Crippen LogP contribution in [-0.2, 0) is 6.42 Å². The minimum absolute atomic E-state index is 0.131. The number of nitrogens with zero attached hydrogens (tertiary/aromatic N) is 2. The summed E-state index contributed by atoms with van der Waals surface area (Å²) in [6.45, 7) is -0.131. The maximum atomic E-state index is 10.9. The Bertz CT molecular complexity index is 547. The van der Waals surface area contributed by atoms with Gasteiger partial charge in [-0.3, -0.25) is 4.40 Å². The zero-order valence-corrected chi connectivity index (χ0v) is 8.29. The van der Waals surface area contributed by atoms with E-state index in [-0.39, 0.29) is 30.0 Å². The molecule has 0 atom stereocenters. The number of carboxylic acids is 1. The summed E-state index contributed by atoms with van der Waals surface area (Å²) in [5.41, 5.74) is -0.0556. The quantitative estimate of drug-likeness (QED) is 0.693. The highest BCUT2D eigenvalue weighted by molar-refractivity contribution is 5.95.